The molecule has 2 aliphatic heterocycles. The van der Waals surface area contributed by atoms with E-state index in [9.17, 15) is 20.0 Å². The molecule has 2 aromatic carbocycles. The highest BCUT2D eigenvalue weighted by Crippen LogP contribution is 2.56. The Bertz CT molecular complexity index is 1180. The summed E-state index contributed by atoms with van der Waals surface area (Å²) in [6.45, 7) is 1.79. The average molecular weight is 483 g/mol. The summed E-state index contributed by atoms with van der Waals surface area (Å²) in [6, 6.07) is 14.4. The molecule has 0 spiro atoms. The van der Waals surface area contributed by atoms with E-state index in [1.807, 2.05) is 12.1 Å². The zero-order valence-corrected chi connectivity index (χ0v) is 19.5. The Kier molecular flexibility index (Phi) is 5.72. The van der Waals surface area contributed by atoms with Crippen molar-refractivity contribution in [2.75, 3.05) is 0 Å². The normalized spacial score (nSPS) is 24.2. The summed E-state index contributed by atoms with van der Waals surface area (Å²) in [6.07, 6.45) is 1.16. The van der Waals surface area contributed by atoms with Gasteiger partial charge in [-0.1, -0.05) is 24.3 Å². The summed E-state index contributed by atoms with van der Waals surface area (Å²) in [5, 5.41) is 21.1. The van der Waals surface area contributed by atoms with Crippen LogP contribution in [-0.4, -0.2) is 37.4 Å². The molecular weight excluding hydrogens is 460 g/mol. The van der Waals surface area contributed by atoms with Gasteiger partial charge in [-0.05, 0) is 60.8 Å². The number of nitrogens with zero attached hydrogens (tertiary/aromatic N) is 2. The van der Waals surface area contributed by atoms with Crippen molar-refractivity contribution in [3.8, 4) is 0 Å². The van der Waals surface area contributed by atoms with E-state index in [1.165, 1.54) is 23.3 Å². The second-order valence-electron chi connectivity index (χ2n) is 8.49. The van der Waals surface area contributed by atoms with Crippen molar-refractivity contribution in [2.24, 2.45) is 5.92 Å². The largest absolute Gasteiger partial charge is 0.477 e. The first-order valence-electron chi connectivity index (χ1n) is 10.8. The molecule has 1 fully saturated rings. The summed E-state index contributed by atoms with van der Waals surface area (Å²) in [5.41, 5.74) is 3.94. The number of ether oxygens (including phenoxy) is 1. The number of aliphatic hydroxyl groups excluding tert-OH is 1. The first kappa shape index (κ1) is 22.1. The van der Waals surface area contributed by atoms with Gasteiger partial charge in [-0.15, -0.1) is 11.8 Å². The first-order chi connectivity index (χ1) is 15.9. The lowest BCUT2D eigenvalue weighted by Crippen LogP contribution is -2.60. The van der Waals surface area contributed by atoms with Gasteiger partial charge in [-0.3, -0.25) is 19.8 Å². The van der Waals surface area contributed by atoms with E-state index < -0.39 is 16.9 Å². The number of hydrogen-bond acceptors (Lipinski definition) is 7. The van der Waals surface area contributed by atoms with Crippen molar-refractivity contribution in [2.45, 2.75) is 43.8 Å². The lowest BCUT2D eigenvalue weighted by molar-refractivity contribution is -0.384. The highest BCUT2D eigenvalue weighted by Gasteiger charge is 2.58. The molecule has 0 aromatic heterocycles. The molecule has 1 N–H and O–H groups in total. The topological polar surface area (TPSA) is 92.9 Å². The number of amides is 1. The number of rotatable bonds is 6. The van der Waals surface area contributed by atoms with E-state index in [4.69, 9.17) is 17.0 Å². The van der Waals surface area contributed by atoms with Gasteiger partial charge in [0.25, 0.3) is 5.69 Å². The van der Waals surface area contributed by atoms with E-state index in [0.717, 1.165) is 23.3 Å². The highest BCUT2D eigenvalue weighted by atomic mass is 32.2. The Morgan fingerprint density at radius 2 is 2.03 bits per heavy atom. The number of benzene rings is 2. The van der Waals surface area contributed by atoms with Crippen molar-refractivity contribution < 1.29 is 19.6 Å². The van der Waals surface area contributed by atoms with E-state index >= 15 is 0 Å². The standard InChI is InChI=1S/C24H22N2O5S2/c1-13(27)19-22(28)25-20(24(32)31-12-14-6-9-16(10-7-14)26(29)30)21(33-23(19)25)18-11-8-15-4-2-3-5-17(15)18/h2-7,9-10,13,18-19,23,27H,8,11-12H2,1H3/t13-,18?,19+,23+/m0/s1. The van der Waals surface area contributed by atoms with Gasteiger partial charge < -0.3 is 9.84 Å². The number of nitro benzene ring substituents is 1. The minimum absolute atomic E-state index is 0.0107. The number of thiocarbonyl (C=S) groups is 1. The molecule has 170 valence electrons. The number of aliphatic hydroxyl groups is 1. The molecule has 1 aliphatic carbocycles. The van der Waals surface area contributed by atoms with Crippen LogP contribution in [0.4, 0.5) is 5.69 Å². The molecule has 7 nitrogen and oxygen atoms in total. The van der Waals surface area contributed by atoms with E-state index in [1.54, 1.807) is 35.7 Å². The van der Waals surface area contributed by atoms with Crippen molar-refractivity contribution in [1.82, 2.24) is 4.90 Å². The zero-order valence-electron chi connectivity index (χ0n) is 17.8. The molecule has 0 radical (unpaired) electrons. The summed E-state index contributed by atoms with van der Waals surface area (Å²) < 4.78 is 5.92. The molecule has 5 rings (SSSR count). The third-order valence-corrected chi connectivity index (χ3v) is 8.27. The number of carbonyl (C=O) groups is 1. The Balaban J connectivity index is 1.42. The number of thioether (sulfide) groups is 1. The summed E-state index contributed by atoms with van der Waals surface area (Å²) in [7, 11) is 0. The van der Waals surface area contributed by atoms with Crippen LogP contribution in [0.1, 0.15) is 36.0 Å². The molecule has 4 atom stereocenters. The van der Waals surface area contributed by atoms with Crippen molar-refractivity contribution in [1.29, 1.82) is 0 Å². The van der Waals surface area contributed by atoms with Gasteiger partial charge in [-0.2, -0.15) is 0 Å². The number of β-lactam (4-membered cyclic amide) rings is 1. The average Bonchev–Trinajstić information content (AvgIpc) is 3.36. The van der Waals surface area contributed by atoms with E-state index in [-0.39, 0.29) is 34.5 Å². The monoisotopic (exact) mass is 482 g/mol. The molecule has 0 bridgehead atoms. The molecule has 1 saturated heterocycles. The number of carbonyl (C=O) groups excluding carboxylic acids is 1. The first-order valence-corrected chi connectivity index (χ1v) is 12.1. The molecular formula is C24H22N2O5S2. The molecule has 1 unspecified atom stereocenters. The number of allylic oxidation sites excluding steroid dienone is 1. The minimum Gasteiger partial charge on any atom is -0.477 e. The maximum Gasteiger partial charge on any atom is 0.269 e. The lowest BCUT2D eigenvalue weighted by Gasteiger charge is -2.44. The fourth-order valence-corrected chi connectivity index (χ4v) is 6.91. The Morgan fingerprint density at radius 1 is 1.30 bits per heavy atom. The van der Waals surface area contributed by atoms with Crippen LogP contribution in [0.3, 0.4) is 0 Å². The maximum atomic E-state index is 12.9. The number of fused-ring (bicyclic) bond motifs is 2. The fourth-order valence-electron chi connectivity index (χ4n) is 4.81. The third-order valence-electron chi connectivity index (χ3n) is 6.49. The van der Waals surface area contributed by atoms with Gasteiger partial charge in [0.2, 0.25) is 11.0 Å². The second kappa shape index (κ2) is 8.55. The fraction of sp³-hybridized carbons (Fsp3) is 0.333. The van der Waals surface area contributed by atoms with Crippen molar-refractivity contribution in [3.05, 3.63) is 85.9 Å². The molecule has 9 heteroatoms. The predicted octanol–water partition coefficient (Wildman–Crippen LogP) is 4.29. The molecule has 33 heavy (non-hydrogen) atoms. The van der Waals surface area contributed by atoms with Crippen LogP contribution in [0, 0.1) is 16.0 Å². The maximum absolute atomic E-state index is 12.9. The number of hydrogen-bond donors (Lipinski definition) is 1. The van der Waals surface area contributed by atoms with Crippen LogP contribution in [0.5, 0.6) is 0 Å². The smallest absolute Gasteiger partial charge is 0.269 e. The molecule has 1 amide bonds. The van der Waals surface area contributed by atoms with Crippen LogP contribution >= 0.6 is 24.0 Å². The Morgan fingerprint density at radius 3 is 2.73 bits per heavy atom. The lowest BCUT2D eigenvalue weighted by atomic mass is 9.91. The molecule has 2 aromatic rings. The van der Waals surface area contributed by atoms with Crippen LogP contribution in [0.25, 0.3) is 0 Å². The van der Waals surface area contributed by atoms with Gasteiger partial charge in [0.15, 0.2) is 0 Å². The van der Waals surface area contributed by atoms with Gasteiger partial charge in [0, 0.05) is 23.0 Å². The predicted molar refractivity (Wildman–Crippen MR) is 128 cm³/mol. The molecule has 3 aliphatic rings. The Hall–Kier alpha value is -2.75. The number of non-ortho nitro benzene ring substituents is 1. The van der Waals surface area contributed by atoms with Gasteiger partial charge in [0.1, 0.15) is 17.7 Å². The van der Waals surface area contributed by atoms with Gasteiger partial charge in [0.05, 0.1) is 16.9 Å². The Labute approximate surface area is 200 Å². The summed E-state index contributed by atoms with van der Waals surface area (Å²) >= 11 is 7.26. The van der Waals surface area contributed by atoms with Crippen LogP contribution in [-0.2, 0) is 22.6 Å². The van der Waals surface area contributed by atoms with Gasteiger partial charge >= 0.3 is 0 Å². The number of nitro groups is 1. The second-order valence-corrected chi connectivity index (χ2v) is 10.0. The van der Waals surface area contributed by atoms with Crippen LogP contribution < -0.4 is 0 Å². The van der Waals surface area contributed by atoms with Crippen LogP contribution in [0.2, 0.25) is 0 Å². The zero-order chi connectivity index (χ0) is 23.3. The van der Waals surface area contributed by atoms with Crippen molar-refractivity contribution in [3.63, 3.8) is 0 Å². The third kappa shape index (κ3) is 3.74. The number of aryl methyl sites for hydroxylation is 1. The minimum atomic E-state index is -0.739. The van der Waals surface area contributed by atoms with Crippen molar-refractivity contribution >= 4 is 40.6 Å². The quantitative estimate of drug-likeness (QED) is 0.284. The van der Waals surface area contributed by atoms with Gasteiger partial charge in [-0.25, -0.2) is 0 Å². The van der Waals surface area contributed by atoms with E-state index in [0.29, 0.717) is 5.70 Å². The van der Waals surface area contributed by atoms with E-state index in [2.05, 4.69) is 12.1 Å². The molecule has 0 saturated carbocycles. The summed E-state index contributed by atoms with van der Waals surface area (Å²) in [4.78, 5) is 26.0. The molecule has 2 heterocycles. The van der Waals surface area contributed by atoms with Crippen LogP contribution in [0.15, 0.2) is 59.1 Å². The SMILES string of the molecule is C[C@H](O)[C@@H]1C(=O)N2C(C(=S)OCc3ccc([N+](=O)[O-])cc3)=C(C3CCc4ccccc43)S[C@H]12. The highest BCUT2D eigenvalue weighted by molar-refractivity contribution is 8.04. The summed E-state index contributed by atoms with van der Waals surface area (Å²) in [5.74, 6) is -0.466.